The van der Waals surface area contributed by atoms with Gasteiger partial charge >= 0.3 is 0 Å². The van der Waals surface area contributed by atoms with Crippen molar-refractivity contribution in [3.05, 3.63) is 41.7 Å². The maximum absolute atomic E-state index is 13.3. The minimum Gasteiger partial charge on any atom is -0.350 e. The zero-order valence-electron chi connectivity index (χ0n) is 16.0. The van der Waals surface area contributed by atoms with Crippen LogP contribution in [0.4, 0.5) is 4.39 Å². The van der Waals surface area contributed by atoms with Gasteiger partial charge in [-0.15, -0.1) is 29.9 Å². The number of fused-ring (bicyclic) bond motifs is 1. The first kappa shape index (κ1) is 23.1. The van der Waals surface area contributed by atoms with Crippen molar-refractivity contribution in [2.24, 2.45) is 7.05 Å². The number of carbonyl (C=O) groups is 1. The topological polar surface area (TPSA) is 89.7 Å². The Labute approximate surface area is 180 Å². The predicted molar refractivity (Wildman–Crippen MR) is 112 cm³/mol. The van der Waals surface area contributed by atoms with Crippen molar-refractivity contribution in [3.63, 3.8) is 0 Å². The molecule has 11 heteroatoms. The van der Waals surface area contributed by atoms with Gasteiger partial charge in [-0.05, 0) is 38.1 Å². The number of aromatic nitrogens is 5. The summed E-state index contributed by atoms with van der Waals surface area (Å²) < 4.78 is 17.0. The quantitative estimate of drug-likeness (QED) is 0.629. The number of nitrogens with zero attached hydrogens (tertiary/aromatic N) is 5. The molecule has 1 saturated heterocycles. The summed E-state index contributed by atoms with van der Waals surface area (Å²) in [5, 5.41) is 14.3. The Morgan fingerprint density at radius 2 is 2.07 bits per heavy atom. The summed E-state index contributed by atoms with van der Waals surface area (Å²) in [7, 11) is 1.88. The number of benzene rings is 1. The fraction of sp³-hybridized carbons (Fsp3) is 0.444. The zero-order valence-corrected chi connectivity index (χ0v) is 17.6. The number of rotatable bonds is 5. The molecule has 1 amide bonds. The monoisotopic (exact) mass is 443 g/mol. The van der Waals surface area contributed by atoms with Gasteiger partial charge in [-0.1, -0.05) is 5.21 Å². The second-order valence-electron chi connectivity index (χ2n) is 6.79. The van der Waals surface area contributed by atoms with Crippen molar-refractivity contribution >= 4 is 41.8 Å². The Hall–Kier alpha value is -2.23. The van der Waals surface area contributed by atoms with Crippen molar-refractivity contribution in [1.29, 1.82) is 0 Å². The number of halogens is 3. The van der Waals surface area contributed by atoms with Crippen molar-refractivity contribution in [2.75, 3.05) is 19.6 Å². The van der Waals surface area contributed by atoms with Gasteiger partial charge < -0.3 is 15.2 Å². The van der Waals surface area contributed by atoms with Crippen LogP contribution in [0.25, 0.3) is 11.0 Å². The van der Waals surface area contributed by atoms with E-state index < -0.39 is 0 Å². The summed E-state index contributed by atoms with van der Waals surface area (Å²) in [6.45, 7) is 2.32. The number of amides is 1. The normalized spacial score (nSPS) is 14.3. The lowest BCUT2D eigenvalue weighted by atomic mass is 10.1. The first-order valence-electron chi connectivity index (χ1n) is 9.13. The van der Waals surface area contributed by atoms with E-state index in [0.29, 0.717) is 30.2 Å². The van der Waals surface area contributed by atoms with Gasteiger partial charge in [0.2, 0.25) is 0 Å². The minimum absolute atomic E-state index is 0. The van der Waals surface area contributed by atoms with E-state index in [4.69, 9.17) is 0 Å². The third kappa shape index (κ3) is 5.04. The Balaban J connectivity index is 0.00000150. The van der Waals surface area contributed by atoms with Crippen LogP contribution in [0.5, 0.6) is 0 Å². The van der Waals surface area contributed by atoms with Gasteiger partial charge in [0.05, 0.1) is 23.3 Å². The van der Waals surface area contributed by atoms with Gasteiger partial charge in [-0.3, -0.25) is 4.79 Å². The molecule has 0 spiro atoms. The van der Waals surface area contributed by atoms with Crippen molar-refractivity contribution in [1.82, 2.24) is 35.2 Å². The zero-order chi connectivity index (χ0) is 18.8. The highest BCUT2D eigenvalue weighted by atomic mass is 35.5. The molecule has 2 aromatic heterocycles. The third-order valence-electron chi connectivity index (χ3n) is 5.00. The first-order chi connectivity index (χ1) is 13.1. The van der Waals surface area contributed by atoms with E-state index in [1.165, 1.54) is 12.1 Å². The van der Waals surface area contributed by atoms with Crippen LogP contribution in [0.3, 0.4) is 0 Å². The number of hydrogen-bond donors (Lipinski definition) is 2. The Morgan fingerprint density at radius 3 is 2.83 bits per heavy atom. The van der Waals surface area contributed by atoms with Crippen LogP contribution < -0.4 is 10.6 Å². The average Bonchev–Trinajstić information content (AvgIpc) is 3.28. The number of aryl methyl sites for hydroxylation is 1. The summed E-state index contributed by atoms with van der Waals surface area (Å²) >= 11 is 0. The maximum atomic E-state index is 13.3. The van der Waals surface area contributed by atoms with E-state index in [2.05, 4.69) is 25.9 Å². The molecule has 0 saturated carbocycles. The van der Waals surface area contributed by atoms with E-state index in [9.17, 15) is 9.18 Å². The van der Waals surface area contributed by atoms with E-state index in [0.717, 1.165) is 37.3 Å². The SMILES string of the molecule is Cl.Cl.Cn1c(CCNC(=O)c2cn(C3CCNCC3)nn2)nc2cc(F)ccc21. The molecule has 29 heavy (non-hydrogen) atoms. The molecule has 0 bridgehead atoms. The molecule has 2 N–H and O–H groups in total. The van der Waals surface area contributed by atoms with Crippen LogP contribution >= 0.6 is 24.8 Å². The highest BCUT2D eigenvalue weighted by Gasteiger charge is 2.18. The molecular formula is C18H24Cl2FN7O. The molecule has 1 aliphatic heterocycles. The van der Waals surface area contributed by atoms with Gasteiger partial charge in [-0.2, -0.15) is 0 Å². The van der Waals surface area contributed by atoms with E-state index in [1.54, 1.807) is 16.9 Å². The number of piperidine rings is 1. The van der Waals surface area contributed by atoms with Crippen LogP contribution in [0.1, 0.15) is 35.2 Å². The molecule has 3 heterocycles. The van der Waals surface area contributed by atoms with Crippen LogP contribution in [-0.4, -0.2) is 50.1 Å². The number of hydrogen-bond acceptors (Lipinski definition) is 5. The fourth-order valence-electron chi connectivity index (χ4n) is 3.46. The Morgan fingerprint density at radius 1 is 1.31 bits per heavy atom. The molecular weight excluding hydrogens is 420 g/mol. The highest BCUT2D eigenvalue weighted by molar-refractivity contribution is 5.91. The number of imidazole rings is 1. The van der Waals surface area contributed by atoms with Crippen LogP contribution in [0.2, 0.25) is 0 Å². The predicted octanol–water partition coefficient (Wildman–Crippen LogP) is 2.04. The van der Waals surface area contributed by atoms with Crippen LogP contribution in [0, 0.1) is 5.82 Å². The molecule has 1 aromatic carbocycles. The second-order valence-corrected chi connectivity index (χ2v) is 6.79. The van der Waals surface area contributed by atoms with Gasteiger partial charge in [-0.25, -0.2) is 14.1 Å². The lowest BCUT2D eigenvalue weighted by Gasteiger charge is -2.22. The summed E-state index contributed by atoms with van der Waals surface area (Å²) in [5.41, 5.74) is 1.80. The van der Waals surface area contributed by atoms with Gasteiger partial charge in [0, 0.05) is 26.1 Å². The molecule has 3 aromatic rings. The summed E-state index contributed by atoms with van der Waals surface area (Å²) in [4.78, 5) is 16.8. The Bertz CT molecular complexity index is 968. The summed E-state index contributed by atoms with van der Waals surface area (Å²) in [5.74, 6) is 0.228. The molecule has 0 unspecified atom stereocenters. The molecule has 1 aliphatic rings. The molecule has 0 aliphatic carbocycles. The van der Waals surface area contributed by atoms with Crippen molar-refractivity contribution in [2.45, 2.75) is 25.3 Å². The second kappa shape index (κ2) is 10.00. The van der Waals surface area contributed by atoms with Crippen LogP contribution in [0.15, 0.2) is 24.4 Å². The van der Waals surface area contributed by atoms with Crippen LogP contribution in [-0.2, 0) is 13.5 Å². The molecule has 1 fully saturated rings. The standard InChI is InChI=1S/C18H22FN7O.2ClH/c1-25-16-3-2-12(19)10-14(16)22-17(25)6-9-21-18(27)15-11-26(24-23-15)13-4-7-20-8-5-13;;/h2-3,10-11,13,20H,4-9H2,1H3,(H,21,27);2*1H. The Kier molecular flexibility index (Phi) is 7.95. The molecule has 8 nitrogen and oxygen atoms in total. The fourth-order valence-corrected chi connectivity index (χ4v) is 3.46. The van der Waals surface area contributed by atoms with Crippen molar-refractivity contribution < 1.29 is 9.18 Å². The molecule has 0 atom stereocenters. The molecule has 158 valence electrons. The van der Waals surface area contributed by atoms with Crippen molar-refractivity contribution in [3.8, 4) is 0 Å². The highest BCUT2D eigenvalue weighted by Crippen LogP contribution is 2.17. The first-order valence-corrected chi connectivity index (χ1v) is 9.13. The molecule has 0 radical (unpaired) electrons. The maximum Gasteiger partial charge on any atom is 0.273 e. The van der Waals surface area contributed by atoms with E-state index >= 15 is 0 Å². The lowest BCUT2D eigenvalue weighted by Crippen LogP contribution is -2.29. The summed E-state index contributed by atoms with van der Waals surface area (Å²) in [6, 6.07) is 4.83. The van der Waals surface area contributed by atoms with Gasteiger partial charge in [0.1, 0.15) is 11.6 Å². The van der Waals surface area contributed by atoms with Gasteiger partial charge in [0.15, 0.2) is 5.69 Å². The average molecular weight is 444 g/mol. The number of nitrogens with one attached hydrogen (secondary N) is 2. The smallest absolute Gasteiger partial charge is 0.273 e. The van der Waals surface area contributed by atoms with E-state index in [-0.39, 0.29) is 36.5 Å². The lowest BCUT2D eigenvalue weighted by molar-refractivity contribution is 0.0949. The minimum atomic E-state index is -0.308. The largest absolute Gasteiger partial charge is 0.350 e. The molecule has 4 rings (SSSR count). The number of carbonyl (C=O) groups excluding carboxylic acids is 1. The van der Waals surface area contributed by atoms with Gasteiger partial charge in [0.25, 0.3) is 5.91 Å². The van der Waals surface area contributed by atoms with E-state index in [1.807, 2.05) is 11.6 Å². The third-order valence-corrected chi connectivity index (χ3v) is 5.00. The summed E-state index contributed by atoms with van der Waals surface area (Å²) in [6.07, 6.45) is 4.22.